The number of rotatable bonds is 9. The molecule has 0 aliphatic heterocycles. The highest BCUT2D eigenvalue weighted by Crippen LogP contribution is 2.29. The molecule has 0 bridgehead atoms. The van der Waals surface area contributed by atoms with Crippen LogP contribution in [0.3, 0.4) is 0 Å². The Morgan fingerprint density at radius 1 is 1.00 bits per heavy atom. The molecular weight excluding hydrogens is 502 g/mol. The molecule has 0 aliphatic carbocycles. The van der Waals surface area contributed by atoms with Crippen LogP contribution in [-0.4, -0.2) is 31.1 Å². The van der Waals surface area contributed by atoms with E-state index in [0.29, 0.717) is 11.3 Å². The summed E-state index contributed by atoms with van der Waals surface area (Å²) < 4.78 is 33.6. The van der Waals surface area contributed by atoms with E-state index in [2.05, 4.69) is 15.2 Å². The summed E-state index contributed by atoms with van der Waals surface area (Å²) in [6.07, 6.45) is 0. The molecule has 0 aromatic heterocycles. The van der Waals surface area contributed by atoms with Gasteiger partial charge in [0, 0.05) is 29.4 Å². The number of nitrogens with one attached hydrogen (secondary N) is 2. The van der Waals surface area contributed by atoms with Gasteiger partial charge < -0.3 is 4.74 Å². The number of nitrogens with zero attached hydrogens (tertiary/aromatic N) is 3. The van der Waals surface area contributed by atoms with Crippen molar-refractivity contribution in [2.75, 3.05) is 17.3 Å². The van der Waals surface area contributed by atoms with Gasteiger partial charge in [0.05, 0.1) is 28.4 Å². The fraction of sp³-hybridized carbons (Fsp3) is 0.0952. The SMILES string of the molecule is COc1ccc(NS(=O)(=O)c2cc([N+](=O)[O-])ccc2N/N=C(\C)c2ccc(Cl)c([N+](=O)[O-])c2)cc1. The van der Waals surface area contributed by atoms with E-state index >= 15 is 0 Å². The number of nitro groups is 2. The first-order chi connectivity index (χ1) is 16.5. The van der Waals surface area contributed by atoms with E-state index in [9.17, 15) is 28.6 Å². The van der Waals surface area contributed by atoms with Gasteiger partial charge in [0.15, 0.2) is 0 Å². The van der Waals surface area contributed by atoms with E-state index in [1.807, 2.05) is 0 Å². The summed E-state index contributed by atoms with van der Waals surface area (Å²) in [5.41, 5.74) is 2.59. The number of anilines is 2. The first-order valence-electron chi connectivity index (χ1n) is 9.72. The first-order valence-corrected chi connectivity index (χ1v) is 11.6. The number of hydrogen-bond acceptors (Lipinski definition) is 9. The molecule has 0 spiro atoms. The van der Waals surface area contributed by atoms with Crippen LogP contribution in [0.25, 0.3) is 0 Å². The molecule has 0 aliphatic rings. The third-order valence-corrected chi connectivity index (χ3v) is 6.45. The summed E-state index contributed by atoms with van der Waals surface area (Å²) in [6, 6.07) is 13.3. The van der Waals surface area contributed by atoms with Crippen LogP contribution in [0.2, 0.25) is 5.02 Å². The Morgan fingerprint density at radius 2 is 1.69 bits per heavy atom. The highest BCUT2D eigenvalue weighted by molar-refractivity contribution is 7.92. The van der Waals surface area contributed by atoms with Gasteiger partial charge in [-0.2, -0.15) is 5.10 Å². The Hall–Kier alpha value is -4.23. The van der Waals surface area contributed by atoms with Crippen molar-refractivity contribution in [2.24, 2.45) is 5.10 Å². The Bertz CT molecular complexity index is 1430. The summed E-state index contributed by atoms with van der Waals surface area (Å²) in [5, 5.41) is 26.4. The number of halogens is 1. The van der Waals surface area contributed by atoms with Crippen molar-refractivity contribution in [1.29, 1.82) is 0 Å². The van der Waals surface area contributed by atoms with Crippen LogP contribution in [-0.2, 0) is 10.0 Å². The lowest BCUT2D eigenvalue weighted by atomic mass is 10.1. The summed E-state index contributed by atoms with van der Waals surface area (Å²) in [4.78, 5) is 20.6. The van der Waals surface area contributed by atoms with Crippen molar-refractivity contribution >= 4 is 50.1 Å². The quantitative estimate of drug-likeness (QED) is 0.231. The molecule has 0 radical (unpaired) electrons. The first kappa shape index (κ1) is 25.4. The average molecular weight is 520 g/mol. The van der Waals surface area contributed by atoms with Crippen molar-refractivity contribution in [1.82, 2.24) is 0 Å². The zero-order valence-corrected chi connectivity index (χ0v) is 19.8. The van der Waals surface area contributed by atoms with E-state index < -0.39 is 30.5 Å². The molecule has 0 heterocycles. The van der Waals surface area contributed by atoms with Crippen LogP contribution in [0, 0.1) is 20.2 Å². The van der Waals surface area contributed by atoms with Gasteiger partial charge >= 0.3 is 0 Å². The minimum absolute atomic E-state index is 0.0483. The van der Waals surface area contributed by atoms with Crippen LogP contribution < -0.4 is 14.9 Å². The third kappa shape index (κ3) is 6.02. The normalized spacial score (nSPS) is 11.6. The number of hydrazone groups is 1. The molecular formula is C21H18ClN5O7S. The van der Waals surface area contributed by atoms with Crippen LogP contribution in [0.5, 0.6) is 5.75 Å². The zero-order chi connectivity index (χ0) is 25.8. The third-order valence-electron chi connectivity index (χ3n) is 4.71. The Balaban J connectivity index is 1.97. The fourth-order valence-electron chi connectivity index (χ4n) is 2.89. The number of nitro benzene ring substituents is 2. The second-order valence-corrected chi connectivity index (χ2v) is 9.06. The molecule has 2 N–H and O–H groups in total. The van der Waals surface area contributed by atoms with Gasteiger partial charge in [0.2, 0.25) is 0 Å². The molecule has 3 aromatic rings. The monoisotopic (exact) mass is 519 g/mol. The number of sulfonamides is 1. The molecule has 14 heteroatoms. The minimum Gasteiger partial charge on any atom is -0.497 e. The van der Waals surface area contributed by atoms with Crippen molar-refractivity contribution in [2.45, 2.75) is 11.8 Å². The second-order valence-electron chi connectivity index (χ2n) is 7.00. The smallest absolute Gasteiger partial charge is 0.288 e. The van der Waals surface area contributed by atoms with Gasteiger partial charge in [-0.05, 0) is 43.3 Å². The van der Waals surface area contributed by atoms with Crippen molar-refractivity contribution in [3.05, 3.63) is 91.5 Å². The van der Waals surface area contributed by atoms with Crippen molar-refractivity contribution in [3.63, 3.8) is 0 Å². The van der Waals surface area contributed by atoms with Gasteiger partial charge in [0.25, 0.3) is 21.4 Å². The topological polar surface area (TPSA) is 166 Å². The van der Waals surface area contributed by atoms with Gasteiger partial charge in [-0.25, -0.2) is 8.42 Å². The van der Waals surface area contributed by atoms with E-state index in [1.165, 1.54) is 50.4 Å². The molecule has 0 amide bonds. The van der Waals surface area contributed by atoms with Crippen LogP contribution in [0.4, 0.5) is 22.7 Å². The molecule has 3 aromatic carbocycles. The molecule has 0 saturated carbocycles. The maximum Gasteiger partial charge on any atom is 0.288 e. The number of ether oxygens (including phenoxy) is 1. The standard InChI is InChI=1S/C21H18ClN5O7S/c1-13(14-3-9-18(22)20(11-14)27(30)31)23-24-19-10-6-16(26(28)29)12-21(19)35(32,33)25-15-4-7-17(34-2)8-5-15/h3-12,24-25H,1-2H3/b23-13+. The van der Waals surface area contributed by atoms with E-state index in [4.69, 9.17) is 16.3 Å². The average Bonchev–Trinajstić information content (AvgIpc) is 2.82. The van der Waals surface area contributed by atoms with Crippen LogP contribution in [0.1, 0.15) is 12.5 Å². The Kier molecular flexibility index (Phi) is 7.52. The Labute approximate surface area is 204 Å². The van der Waals surface area contributed by atoms with Crippen LogP contribution >= 0.6 is 11.6 Å². The lowest BCUT2D eigenvalue weighted by Gasteiger charge is -2.13. The highest BCUT2D eigenvalue weighted by Gasteiger charge is 2.23. The maximum atomic E-state index is 13.1. The summed E-state index contributed by atoms with van der Waals surface area (Å²) in [5.74, 6) is 0.512. The lowest BCUT2D eigenvalue weighted by molar-refractivity contribution is -0.385. The fourth-order valence-corrected chi connectivity index (χ4v) is 4.32. The minimum atomic E-state index is -4.29. The molecule has 0 saturated heterocycles. The molecule has 0 unspecified atom stereocenters. The molecule has 0 atom stereocenters. The van der Waals surface area contributed by atoms with E-state index in [-0.39, 0.29) is 27.8 Å². The molecule has 182 valence electrons. The predicted octanol–water partition coefficient (Wildman–Crippen LogP) is 4.80. The van der Waals surface area contributed by atoms with E-state index in [1.54, 1.807) is 12.1 Å². The van der Waals surface area contributed by atoms with Gasteiger partial charge in [-0.1, -0.05) is 17.7 Å². The second kappa shape index (κ2) is 10.4. The Morgan fingerprint density at radius 3 is 2.29 bits per heavy atom. The lowest BCUT2D eigenvalue weighted by Crippen LogP contribution is -2.15. The summed E-state index contributed by atoms with van der Waals surface area (Å²) in [7, 11) is -2.83. The summed E-state index contributed by atoms with van der Waals surface area (Å²) in [6.45, 7) is 1.54. The number of non-ortho nitro benzene ring substituents is 1. The summed E-state index contributed by atoms with van der Waals surface area (Å²) >= 11 is 5.83. The maximum absolute atomic E-state index is 13.1. The van der Waals surface area contributed by atoms with Crippen molar-refractivity contribution in [3.8, 4) is 5.75 Å². The number of methoxy groups -OCH3 is 1. The van der Waals surface area contributed by atoms with E-state index in [0.717, 1.165) is 12.1 Å². The molecule has 0 fully saturated rings. The van der Waals surface area contributed by atoms with Gasteiger partial charge in [-0.3, -0.25) is 30.4 Å². The van der Waals surface area contributed by atoms with Gasteiger partial charge in [-0.15, -0.1) is 0 Å². The zero-order valence-electron chi connectivity index (χ0n) is 18.3. The van der Waals surface area contributed by atoms with Crippen LogP contribution in [0.15, 0.2) is 70.7 Å². The number of hydrogen-bond donors (Lipinski definition) is 2. The predicted molar refractivity (Wildman–Crippen MR) is 131 cm³/mol. The molecule has 3 rings (SSSR count). The highest BCUT2D eigenvalue weighted by atomic mass is 35.5. The molecule has 35 heavy (non-hydrogen) atoms. The van der Waals surface area contributed by atoms with Crippen molar-refractivity contribution < 1.29 is 23.0 Å². The largest absolute Gasteiger partial charge is 0.497 e. The van der Waals surface area contributed by atoms with Gasteiger partial charge in [0.1, 0.15) is 15.7 Å². The molecule has 12 nitrogen and oxygen atoms in total. The number of benzene rings is 3.